The molecule has 0 unspecified atom stereocenters. The third kappa shape index (κ3) is 5.10. The molecule has 9 nitrogen and oxygen atoms in total. The van der Waals surface area contributed by atoms with Gasteiger partial charge in [-0.2, -0.15) is 0 Å². The standard InChI is InChI=1S/C6H13O9P/c7-1-3(9)5(11)6(4(10)2-8)15-16(12,13)14/h3-4,6-10H,1-2H2,(H2,12,13,14)/t3-,4+,6+/m0/s1. The molecule has 96 valence electrons. The summed E-state index contributed by atoms with van der Waals surface area (Å²) in [6, 6.07) is 0. The predicted octanol–water partition coefficient (Wildman–Crippen LogP) is -3.26. The minimum Gasteiger partial charge on any atom is -0.394 e. The van der Waals surface area contributed by atoms with Crippen LogP contribution in [0, 0.1) is 0 Å². The van der Waals surface area contributed by atoms with E-state index in [0.717, 1.165) is 0 Å². The number of phosphoric ester groups is 1. The molecule has 6 N–H and O–H groups in total. The summed E-state index contributed by atoms with van der Waals surface area (Å²) >= 11 is 0. The molecule has 0 saturated carbocycles. The average molecular weight is 260 g/mol. The summed E-state index contributed by atoms with van der Waals surface area (Å²) in [4.78, 5) is 28.1. The van der Waals surface area contributed by atoms with Crippen molar-refractivity contribution in [1.82, 2.24) is 0 Å². The topological polar surface area (TPSA) is 165 Å². The van der Waals surface area contributed by atoms with Crippen LogP contribution >= 0.6 is 7.82 Å². The molecule has 0 bridgehead atoms. The lowest BCUT2D eigenvalue weighted by Gasteiger charge is -2.22. The maximum Gasteiger partial charge on any atom is 0.470 e. The Morgan fingerprint density at radius 2 is 1.69 bits per heavy atom. The van der Waals surface area contributed by atoms with Crippen molar-refractivity contribution in [2.45, 2.75) is 18.3 Å². The lowest BCUT2D eigenvalue weighted by molar-refractivity contribution is -0.143. The smallest absolute Gasteiger partial charge is 0.394 e. The van der Waals surface area contributed by atoms with E-state index in [-0.39, 0.29) is 0 Å². The number of hydrogen-bond donors (Lipinski definition) is 6. The molecule has 0 heterocycles. The van der Waals surface area contributed by atoms with Gasteiger partial charge in [-0.25, -0.2) is 4.57 Å². The summed E-state index contributed by atoms with van der Waals surface area (Å²) in [7, 11) is -5.08. The molecule has 3 atom stereocenters. The van der Waals surface area contributed by atoms with Crippen molar-refractivity contribution in [2.24, 2.45) is 0 Å². The van der Waals surface area contributed by atoms with Crippen molar-refractivity contribution in [3.63, 3.8) is 0 Å². The van der Waals surface area contributed by atoms with Gasteiger partial charge in [0.1, 0.15) is 12.2 Å². The molecular formula is C6H13O9P. The minimum absolute atomic E-state index is 1.00. The third-order valence-electron chi connectivity index (χ3n) is 1.57. The van der Waals surface area contributed by atoms with E-state index in [1.807, 2.05) is 0 Å². The van der Waals surface area contributed by atoms with Crippen molar-refractivity contribution < 1.29 is 44.1 Å². The number of Topliss-reactive ketones (excluding diaryl/α,β-unsaturated/α-hetero) is 1. The summed E-state index contributed by atoms with van der Waals surface area (Å²) in [5.74, 6) is -1.34. The molecule has 0 fully saturated rings. The lowest BCUT2D eigenvalue weighted by Crippen LogP contribution is -2.44. The number of aliphatic hydroxyl groups is 4. The van der Waals surface area contributed by atoms with Gasteiger partial charge in [-0.3, -0.25) is 9.32 Å². The predicted molar refractivity (Wildman–Crippen MR) is 48.1 cm³/mol. The van der Waals surface area contributed by atoms with Crippen molar-refractivity contribution >= 4 is 13.6 Å². The fourth-order valence-corrected chi connectivity index (χ4v) is 1.38. The number of aliphatic hydroxyl groups excluding tert-OH is 4. The largest absolute Gasteiger partial charge is 0.470 e. The Morgan fingerprint density at radius 3 is 2.00 bits per heavy atom. The Bertz CT molecular complexity index is 273. The highest BCUT2D eigenvalue weighted by Gasteiger charge is 2.36. The van der Waals surface area contributed by atoms with Crippen LogP contribution in [0.4, 0.5) is 0 Å². The number of phosphoric acid groups is 1. The van der Waals surface area contributed by atoms with Crippen LogP contribution in [-0.2, 0) is 13.9 Å². The van der Waals surface area contributed by atoms with Crippen molar-refractivity contribution in [3.8, 4) is 0 Å². The van der Waals surface area contributed by atoms with Crippen molar-refractivity contribution in [2.75, 3.05) is 13.2 Å². The van der Waals surface area contributed by atoms with Crippen LogP contribution in [0.2, 0.25) is 0 Å². The van der Waals surface area contributed by atoms with Gasteiger partial charge in [0.05, 0.1) is 13.2 Å². The van der Waals surface area contributed by atoms with Gasteiger partial charge in [0, 0.05) is 0 Å². The van der Waals surface area contributed by atoms with Gasteiger partial charge in [0.25, 0.3) is 0 Å². The second-order valence-electron chi connectivity index (χ2n) is 2.87. The maximum absolute atomic E-state index is 11.2. The summed E-state index contributed by atoms with van der Waals surface area (Å²) < 4.78 is 14.4. The fraction of sp³-hybridized carbons (Fsp3) is 0.833. The van der Waals surface area contributed by atoms with E-state index < -0.39 is 45.1 Å². The van der Waals surface area contributed by atoms with E-state index in [0.29, 0.717) is 0 Å². The maximum atomic E-state index is 11.2. The number of carbonyl (C=O) groups is 1. The lowest BCUT2D eigenvalue weighted by atomic mass is 10.1. The van der Waals surface area contributed by atoms with Gasteiger partial charge < -0.3 is 30.2 Å². The highest BCUT2D eigenvalue weighted by atomic mass is 31.2. The van der Waals surface area contributed by atoms with E-state index in [2.05, 4.69) is 4.52 Å². The van der Waals surface area contributed by atoms with E-state index in [9.17, 15) is 9.36 Å². The number of carbonyl (C=O) groups excluding carboxylic acids is 1. The van der Waals surface area contributed by atoms with Gasteiger partial charge in [-0.05, 0) is 0 Å². The first-order valence-electron chi connectivity index (χ1n) is 4.08. The summed E-state index contributed by atoms with van der Waals surface area (Å²) in [5.41, 5.74) is 0. The van der Waals surface area contributed by atoms with Crippen LogP contribution < -0.4 is 0 Å². The first-order valence-corrected chi connectivity index (χ1v) is 5.61. The Hall–Kier alpha value is -0.380. The Kier molecular flexibility index (Phi) is 6.23. The number of hydrogen-bond acceptors (Lipinski definition) is 7. The SMILES string of the molecule is O=C([C@@H](O)CO)[C@H](OP(=O)(O)O)[C@H](O)CO. The van der Waals surface area contributed by atoms with Gasteiger partial charge >= 0.3 is 7.82 Å². The van der Waals surface area contributed by atoms with Gasteiger partial charge in [0.15, 0.2) is 11.9 Å². The Labute approximate surface area is 90.2 Å². The molecule has 0 aromatic carbocycles. The molecular weight excluding hydrogens is 247 g/mol. The van der Waals surface area contributed by atoms with Crippen molar-refractivity contribution in [1.29, 1.82) is 0 Å². The first-order chi connectivity index (χ1) is 7.22. The van der Waals surface area contributed by atoms with Crippen LogP contribution in [0.15, 0.2) is 0 Å². The zero-order valence-electron chi connectivity index (χ0n) is 8.00. The van der Waals surface area contributed by atoms with Crippen LogP contribution in [0.1, 0.15) is 0 Å². The molecule has 0 spiro atoms. The van der Waals surface area contributed by atoms with E-state index >= 15 is 0 Å². The van der Waals surface area contributed by atoms with Gasteiger partial charge in [-0.1, -0.05) is 0 Å². The summed E-state index contributed by atoms with van der Waals surface area (Å²) in [5, 5.41) is 34.9. The zero-order chi connectivity index (χ0) is 12.9. The molecule has 0 aromatic rings. The fourth-order valence-electron chi connectivity index (χ4n) is 0.835. The Balaban J connectivity index is 4.81. The van der Waals surface area contributed by atoms with E-state index in [1.54, 1.807) is 0 Å². The molecule has 10 heteroatoms. The second kappa shape index (κ2) is 6.38. The first kappa shape index (κ1) is 15.6. The van der Waals surface area contributed by atoms with Crippen LogP contribution in [-0.4, -0.2) is 67.5 Å². The third-order valence-corrected chi connectivity index (χ3v) is 2.07. The van der Waals surface area contributed by atoms with E-state index in [4.69, 9.17) is 30.2 Å². The average Bonchev–Trinajstić information content (AvgIpc) is 2.21. The van der Waals surface area contributed by atoms with E-state index in [1.165, 1.54) is 0 Å². The summed E-state index contributed by atoms with van der Waals surface area (Å²) in [6.07, 6.45) is -5.99. The van der Waals surface area contributed by atoms with Gasteiger partial charge in [0.2, 0.25) is 0 Å². The van der Waals surface area contributed by atoms with Crippen LogP contribution in [0.3, 0.4) is 0 Å². The molecule has 16 heavy (non-hydrogen) atoms. The monoisotopic (exact) mass is 260 g/mol. The van der Waals surface area contributed by atoms with Crippen LogP contribution in [0.25, 0.3) is 0 Å². The molecule has 0 aromatic heterocycles. The minimum atomic E-state index is -5.08. The zero-order valence-corrected chi connectivity index (χ0v) is 8.90. The molecule has 0 aliphatic rings. The van der Waals surface area contributed by atoms with Crippen molar-refractivity contribution in [3.05, 3.63) is 0 Å². The molecule has 0 rings (SSSR count). The number of ketones is 1. The normalized spacial score (nSPS) is 17.9. The molecule has 0 aliphatic heterocycles. The highest BCUT2D eigenvalue weighted by molar-refractivity contribution is 7.46. The molecule has 0 amide bonds. The summed E-state index contributed by atoms with van der Waals surface area (Å²) in [6.45, 7) is -2.01. The molecule has 0 saturated heterocycles. The second-order valence-corrected chi connectivity index (χ2v) is 4.06. The quantitative estimate of drug-likeness (QED) is 0.258. The van der Waals surface area contributed by atoms with Crippen LogP contribution in [0.5, 0.6) is 0 Å². The highest BCUT2D eigenvalue weighted by Crippen LogP contribution is 2.38. The molecule has 0 aliphatic carbocycles. The molecule has 0 radical (unpaired) electrons. The number of rotatable bonds is 7. The van der Waals surface area contributed by atoms with Gasteiger partial charge in [-0.15, -0.1) is 0 Å². The Morgan fingerprint density at radius 1 is 1.19 bits per heavy atom.